The van der Waals surface area contributed by atoms with E-state index in [1.54, 1.807) is 6.92 Å². The maximum Gasteiger partial charge on any atom is 0.323 e. The summed E-state index contributed by atoms with van der Waals surface area (Å²) < 4.78 is 5.48. The minimum Gasteiger partial charge on any atom is -0.394 e. The monoisotopic (exact) mass is 523 g/mol. The molecular weight excluding hydrogens is 490 g/mol. The van der Waals surface area contributed by atoms with Crippen LogP contribution in [0.3, 0.4) is 0 Å². The number of aldehydes is 1. The van der Waals surface area contributed by atoms with Crippen molar-refractivity contribution in [3.8, 4) is 0 Å². The molecule has 6 amide bonds. The number of rotatable bonds is 12. The average Bonchev–Trinajstić information content (AvgIpc) is 3.25. The number of imide groups is 1. The Hall–Kier alpha value is -3.62. The molecule has 0 aromatic carbocycles. The zero-order chi connectivity index (χ0) is 27.5. The normalized spacial score (nSPS) is 23.6. The molecule has 2 aliphatic rings. The number of aliphatic hydroxyl groups excluding tert-OH is 2. The smallest absolute Gasteiger partial charge is 0.323 e. The third-order valence-corrected chi connectivity index (χ3v) is 5.80. The van der Waals surface area contributed by atoms with Gasteiger partial charge >= 0.3 is 6.03 Å². The van der Waals surface area contributed by atoms with Crippen LogP contribution in [0.5, 0.6) is 0 Å². The van der Waals surface area contributed by atoms with Gasteiger partial charge in [0.15, 0.2) is 0 Å². The Kier molecular flexibility index (Phi) is 11.4. The van der Waals surface area contributed by atoms with Crippen molar-refractivity contribution < 1.29 is 43.7 Å². The molecule has 204 valence electrons. The van der Waals surface area contributed by atoms with Crippen LogP contribution in [-0.4, -0.2) is 96.2 Å². The fourth-order valence-electron chi connectivity index (χ4n) is 3.71. The Labute approximate surface area is 213 Å². The Balaban J connectivity index is 1.78. The third-order valence-electron chi connectivity index (χ3n) is 5.80. The van der Waals surface area contributed by atoms with E-state index in [-0.39, 0.29) is 44.3 Å². The summed E-state index contributed by atoms with van der Waals surface area (Å²) in [6, 6.07) is -0.599. The summed E-state index contributed by atoms with van der Waals surface area (Å²) in [5, 5.41) is 28.9. The fraction of sp³-hybridized carbons (Fsp3) is 0.565. The molecule has 0 aliphatic carbocycles. The molecule has 14 nitrogen and oxygen atoms in total. The first kappa shape index (κ1) is 29.6. The maximum absolute atomic E-state index is 12.3. The number of carbonyl (C=O) groups is 6. The Morgan fingerprint density at radius 1 is 1.19 bits per heavy atom. The summed E-state index contributed by atoms with van der Waals surface area (Å²) in [5.41, 5.74) is 0.486. The van der Waals surface area contributed by atoms with Crippen LogP contribution in [0.15, 0.2) is 23.4 Å². The molecule has 2 rings (SSSR count). The lowest BCUT2D eigenvalue weighted by atomic mass is 9.97. The van der Waals surface area contributed by atoms with Crippen LogP contribution in [0.1, 0.15) is 32.6 Å². The quantitative estimate of drug-likeness (QED) is 0.0710. The van der Waals surface area contributed by atoms with E-state index in [1.807, 2.05) is 0 Å². The Bertz CT molecular complexity index is 964. The largest absolute Gasteiger partial charge is 0.394 e. The van der Waals surface area contributed by atoms with E-state index in [4.69, 9.17) is 4.74 Å². The molecule has 0 saturated carbocycles. The van der Waals surface area contributed by atoms with Crippen LogP contribution < -0.4 is 21.3 Å². The van der Waals surface area contributed by atoms with Crippen molar-refractivity contribution >= 4 is 35.9 Å². The summed E-state index contributed by atoms with van der Waals surface area (Å²) in [6.45, 7) is 1.32. The number of amides is 6. The Morgan fingerprint density at radius 3 is 2.46 bits per heavy atom. The number of urea groups is 1. The molecule has 4 atom stereocenters. The first-order valence-corrected chi connectivity index (χ1v) is 11.8. The second-order valence-corrected chi connectivity index (χ2v) is 8.58. The van der Waals surface area contributed by atoms with E-state index in [0.717, 1.165) is 4.90 Å². The maximum atomic E-state index is 12.3. The molecule has 1 fully saturated rings. The average molecular weight is 524 g/mol. The highest BCUT2D eigenvalue weighted by Gasteiger charge is 2.38. The molecule has 14 heteroatoms. The lowest BCUT2D eigenvalue weighted by Gasteiger charge is -2.25. The minimum atomic E-state index is -0.980. The number of aliphatic hydroxyl groups is 2. The Morgan fingerprint density at radius 2 is 1.86 bits per heavy atom. The molecular formula is C23H33N5O9. The van der Waals surface area contributed by atoms with E-state index in [9.17, 15) is 39.0 Å². The van der Waals surface area contributed by atoms with Crippen molar-refractivity contribution in [1.82, 2.24) is 26.2 Å². The zero-order valence-electron chi connectivity index (χ0n) is 20.7. The van der Waals surface area contributed by atoms with Gasteiger partial charge in [0.05, 0.1) is 18.6 Å². The number of nitrogens with zero attached hydrogens (tertiary/aromatic N) is 1. The van der Waals surface area contributed by atoms with Gasteiger partial charge in [0.2, 0.25) is 17.7 Å². The van der Waals surface area contributed by atoms with Crippen LogP contribution in [0, 0.1) is 5.92 Å². The molecule has 1 unspecified atom stereocenters. The van der Waals surface area contributed by atoms with E-state index in [1.165, 1.54) is 19.3 Å². The number of carbonyl (C=O) groups excluding carboxylic acids is 6. The second kappa shape index (κ2) is 14.2. The van der Waals surface area contributed by atoms with Crippen LogP contribution in [0.4, 0.5) is 4.79 Å². The van der Waals surface area contributed by atoms with Gasteiger partial charge in [-0.3, -0.25) is 34.2 Å². The molecule has 2 aliphatic heterocycles. The molecule has 2 heterocycles. The van der Waals surface area contributed by atoms with Gasteiger partial charge in [-0.1, -0.05) is 6.08 Å². The number of ether oxygens (including phenoxy) is 1. The highest BCUT2D eigenvalue weighted by Crippen LogP contribution is 2.24. The number of nitrogens with one attached hydrogen (secondary N) is 4. The summed E-state index contributed by atoms with van der Waals surface area (Å²) in [6.07, 6.45) is 0.269. The minimum absolute atomic E-state index is 0.00901. The summed E-state index contributed by atoms with van der Waals surface area (Å²) in [4.78, 5) is 72.3. The van der Waals surface area contributed by atoms with Gasteiger partial charge < -0.3 is 30.9 Å². The van der Waals surface area contributed by atoms with Crippen LogP contribution in [0.25, 0.3) is 0 Å². The molecule has 37 heavy (non-hydrogen) atoms. The van der Waals surface area contributed by atoms with Gasteiger partial charge in [-0.25, -0.2) is 4.79 Å². The number of allylic oxidation sites excluding steroid dienone is 1. The summed E-state index contributed by atoms with van der Waals surface area (Å²) in [5.74, 6) is -2.60. The summed E-state index contributed by atoms with van der Waals surface area (Å²) in [7, 11) is 1.38. The topological polar surface area (TPSA) is 203 Å². The predicted octanol–water partition coefficient (Wildman–Crippen LogP) is -2.20. The summed E-state index contributed by atoms with van der Waals surface area (Å²) >= 11 is 0. The number of hydrogen-bond acceptors (Lipinski definition) is 9. The lowest BCUT2D eigenvalue weighted by Crippen LogP contribution is -2.42. The molecule has 1 saturated heterocycles. The van der Waals surface area contributed by atoms with Crippen molar-refractivity contribution in [3.05, 3.63) is 23.4 Å². The number of hydrogen-bond donors (Lipinski definition) is 6. The molecule has 0 spiro atoms. The SMILES string of the molecule is CNC(=O)N(/C=C(\C=O)CCC(=O)NCCNC(=O)CC1C=C(C)C(=O)NC1=O)[C@H]1C[C@H](O)[C@@H](CO)O1. The molecule has 0 aromatic heterocycles. The molecule has 0 aromatic rings. The highest BCUT2D eigenvalue weighted by atomic mass is 16.5. The van der Waals surface area contributed by atoms with Crippen LogP contribution >= 0.6 is 0 Å². The first-order valence-electron chi connectivity index (χ1n) is 11.8. The zero-order valence-corrected chi connectivity index (χ0v) is 20.7. The van der Waals surface area contributed by atoms with Gasteiger partial charge in [-0.2, -0.15) is 0 Å². The van der Waals surface area contributed by atoms with Crippen molar-refractivity contribution in [2.75, 3.05) is 26.7 Å². The second-order valence-electron chi connectivity index (χ2n) is 8.58. The van der Waals surface area contributed by atoms with E-state index in [2.05, 4.69) is 21.3 Å². The van der Waals surface area contributed by atoms with Crippen molar-refractivity contribution in [2.45, 2.75) is 51.0 Å². The van der Waals surface area contributed by atoms with Gasteiger partial charge in [-0.05, 0) is 13.3 Å². The van der Waals surface area contributed by atoms with Crippen molar-refractivity contribution in [3.63, 3.8) is 0 Å². The predicted molar refractivity (Wildman–Crippen MR) is 127 cm³/mol. The molecule has 6 N–H and O–H groups in total. The van der Waals surface area contributed by atoms with Crippen LogP contribution in [0.2, 0.25) is 0 Å². The van der Waals surface area contributed by atoms with Gasteiger partial charge in [-0.15, -0.1) is 0 Å². The first-order chi connectivity index (χ1) is 17.6. The van der Waals surface area contributed by atoms with Gasteiger partial charge in [0.25, 0.3) is 5.91 Å². The van der Waals surface area contributed by atoms with Crippen molar-refractivity contribution in [2.24, 2.45) is 5.92 Å². The van der Waals surface area contributed by atoms with E-state index in [0.29, 0.717) is 11.9 Å². The standard InChI is InChI=1S/C23H33N5O9/c1-13-7-15(22(35)27-21(13)34)8-19(33)26-6-5-25-18(32)4-3-14(11-29)10-28(23(36)24-2)20-9-16(31)17(12-30)37-20/h7,10-11,15-17,20,30-31H,3-6,8-9,12H2,1-2H3,(H,24,36)(H,25,32)(H,26,33)(H,27,34,35)/b14-10-/t15?,16-,17+,20+/m0/s1. The van der Waals surface area contributed by atoms with Gasteiger partial charge in [0.1, 0.15) is 18.6 Å². The highest BCUT2D eigenvalue weighted by molar-refractivity contribution is 6.08. The molecule has 0 radical (unpaired) electrons. The fourth-order valence-corrected chi connectivity index (χ4v) is 3.71. The van der Waals surface area contributed by atoms with Crippen molar-refractivity contribution in [1.29, 1.82) is 0 Å². The lowest BCUT2D eigenvalue weighted by molar-refractivity contribution is -0.134. The van der Waals surface area contributed by atoms with E-state index < -0.39 is 60.6 Å². The third kappa shape index (κ3) is 8.77. The van der Waals surface area contributed by atoms with Gasteiger partial charge in [0, 0.05) is 56.7 Å². The van der Waals surface area contributed by atoms with E-state index >= 15 is 0 Å². The molecule has 0 bridgehead atoms. The van der Waals surface area contributed by atoms with Crippen LogP contribution in [-0.2, 0) is 28.7 Å².